The number of hydrogen-bond donors (Lipinski definition) is 0. The Bertz CT molecular complexity index is 1160. The van der Waals surface area contributed by atoms with Crippen LogP contribution in [0.25, 0.3) is 0 Å². The van der Waals surface area contributed by atoms with Crippen molar-refractivity contribution in [3.63, 3.8) is 0 Å². The maximum absolute atomic E-state index is 14.2. The summed E-state index contributed by atoms with van der Waals surface area (Å²) in [5.74, 6) is -1.62. The molecular formula is C27H37N5O5. The third kappa shape index (κ3) is 5.55. The summed E-state index contributed by atoms with van der Waals surface area (Å²) in [7, 11) is 0. The minimum Gasteiger partial charge on any atom is -0.267 e. The molecule has 1 heterocycles. The molecular weight excluding hydrogens is 474 g/mol. The van der Waals surface area contributed by atoms with Crippen molar-refractivity contribution in [1.29, 1.82) is 0 Å². The highest BCUT2D eigenvalue weighted by Gasteiger charge is 2.60. The van der Waals surface area contributed by atoms with Gasteiger partial charge in [-0.15, -0.1) is 0 Å². The molecule has 3 aliphatic rings. The molecule has 3 rings (SSSR count). The van der Waals surface area contributed by atoms with Crippen LogP contribution in [0.2, 0.25) is 0 Å². The number of urea groups is 1. The van der Waals surface area contributed by atoms with Gasteiger partial charge >= 0.3 is 6.03 Å². The van der Waals surface area contributed by atoms with Gasteiger partial charge in [0.05, 0.1) is 23.2 Å². The first-order chi connectivity index (χ1) is 17.0. The fourth-order valence-corrected chi connectivity index (χ4v) is 7.18. The highest BCUT2D eigenvalue weighted by molar-refractivity contribution is 6.48. The molecule has 3 fully saturated rings. The zero-order chi connectivity index (χ0) is 28.0. The summed E-state index contributed by atoms with van der Waals surface area (Å²) in [5.41, 5.74) is -2.45. The average molecular weight is 512 g/mol. The molecule has 0 bridgehead atoms. The Labute approximate surface area is 218 Å². The number of hydrogen-bond acceptors (Lipinski definition) is 7. The molecule has 200 valence electrons. The van der Waals surface area contributed by atoms with Crippen LogP contribution in [-0.2, 0) is 19.2 Å². The summed E-state index contributed by atoms with van der Waals surface area (Å²) >= 11 is 0. The molecule has 37 heavy (non-hydrogen) atoms. The molecule has 1 saturated heterocycles. The summed E-state index contributed by atoms with van der Waals surface area (Å²) in [6, 6.07) is -1.40. The van der Waals surface area contributed by atoms with Crippen molar-refractivity contribution in [2.75, 3.05) is 0 Å². The van der Waals surface area contributed by atoms with Gasteiger partial charge in [0, 0.05) is 5.57 Å². The van der Waals surface area contributed by atoms with E-state index in [0.717, 1.165) is 0 Å². The molecule has 0 aromatic heterocycles. The molecule has 0 aromatic carbocycles. The molecule has 2 aliphatic carbocycles. The Balaban J connectivity index is 2.17. The minimum absolute atomic E-state index is 0.133. The van der Waals surface area contributed by atoms with Gasteiger partial charge in [0.1, 0.15) is 0 Å². The van der Waals surface area contributed by atoms with E-state index in [1.54, 1.807) is 12.2 Å². The van der Waals surface area contributed by atoms with E-state index >= 15 is 0 Å². The summed E-state index contributed by atoms with van der Waals surface area (Å²) in [6.45, 7) is 16.8. The zero-order valence-electron chi connectivity index (χ0n) is 22.9. The van der Waals surface area contributed by atoms with Crippen LogP contribution in [0.5, 0.6) is 0 Å². The largest absolute Gasteiger partial charge is 0.333 e. The van der Waals surface area contributed by atoms with Gasteiger partial charge in [0.2, 0.25) is 18.0 Å². The second-order valence-electron chi connectivity index (χ2n) is 13.0. The maximum Gasteiger partial charge on any atom is 0.333 e. The monoisotopic (exact) mass is 511 g/mol. The first-order valence-corrected chi connectivity index (χ1v) is 12.6. The van der Waals surface area contributed by atoms with E-state index in [9.17, 15) is 24.0 Å². The summed E-state index contributed by atoms with van der Waals surface area (Å²) in [4.78, 5) is 77.6. The lowest BCUT2D eigenvalue weighted by molar-refractivity contribution is -0.127. The van der Waals surface area contributed by atoms with Gasteiger partial charge in [-0.05, 0) is 70.1 Å². The number of aliphatic imine (C=N–C) groups is 3. The predicted octanol–water partition coefficient (Wildman–Crippen LogP) is 4.10. The number of nitrogens with zero attached hydrogens (tertiary/aromatic N) is 5. The number of carbonyl (C=O) groups excluding carboxylic acids is 5. The number of amidine groups is 1. The Morgan fingerprint density at radius 2 is 1.27 bits per heavy atom. The van der Waals surface area contributed by atoms with E-state index in [0.29, 0.717) is 38.5 Å². The van der Waals surface area contributed by atoms with E-state index in [-0.39, 0.29) is 22.2 Å². The number of rotatable bonds is 5. The third-order valence-electron chi connectivity index (χ3n) is 7.76. The van der Waals surface area contributed by atoms with Crippen molar-refractivity contribution in [2.45, 2.75) is 110 Å². The third-order valence-corrected chi connectivity index (χ3v) is 7.76. The Morgan fingerprint density at radius 1 is 0.838 bits per heavy atom. The number of carbonyl (C=O) groups is 3. The zero-order valence-corrected chi connectivity index (χ0v) is 22.9. The first-order valence-electron chi connectivity index (χ1n) is 12.6. The van der Waals surface area contributed by atoms with Crippen LogP contribution in [-0.4, -0.2) is 68.8 Å². The molecule has 1 aliphatic heterocycles. The van der Waals surface area contributed by atoms with Crippen molar-refractivity contribution in [2.24, 2.45) is 25.8 Å². The number of amides is 4. The topological polar surface area (TPSA) is 129 Å². The normalized spacial score (nSPS) is 34.1. The summed E-state index contributed by atoms with van der Waals surface area (Å²) < 4.78 is 0. The second kappa shape index (κ2) is 9.58. The molecule has 10 heteroatoms. The molecule has 4 atom stereocenters. The van der Waals surface area contributed by atoms with Crippen molar-refractivity contribution in [3.05, 3.63) is 12.2 Å². The van der Waals surface area contributed by atoms with E-state index < -0.39 is 41.0 Å². The maximum atomic E-state index is 14.2. The number of imide groups is 1. The first kappa shape index (κ1) is 28.4. The fraction of sp³-hybridized carbons (Fsp3) is 0.704. The van der Waals surface area contributed by atoms with Crippen LogP contribution in [0.1, 0.15) is 87.0 Å². The van der Waals surface area contributed by atoms with Gasteiger partial charge in [0.15, 0.2) is 0 Å². The van der Waals surface area contributed by atoms with Gasteiger partial charge in [0.25, 0.3) is 11.8 Å². The van der Waals surface area contributed by atoms with Gasteiger partial charge in [-0.1, -0.05) is 34.3 Å². The SMILES string of the molecule is C=C(C)C(=O)N=C1C(=O)N([C@]2(C)C[C@H](N=C=O)CC(C)(C)C2)C(=O)N1[C@@]1(C)C[C@@H](N=C=O)CC(C)(C)C1. The van der Waals surface area contributed by atoms with E-state index in [1.165, 1.54) is 16.7 Å². The van der Waals surface area contributed by atoms with Crippen LogP contribution in [0, 0.1) is 10.8 Å². The molecule has 0 N–H and O–H groups in total. The molecule has 10 nitrogen and oxygen atoms in total. The molecule has 0 aromatic rings. The summed E-state index contributed by atoms with van der Waals surface area (Å²) in [6.07, 6.45) is 6.06. The number of isocyanates is 2. The van der Waals surface area contributed by atoms with Gasteiger partial charge in [-0.3, -0.25) is 19.4 Å². The second-order valence-corrected chi connectivity index (χ2v) is 13.0. The fourth-order valence-electron chi connectivity index (χ4n) is 7.18. The molecule has 2 saturated carbocycles. The summed E-state index contributed by atoms with van der Waals surface area (Å²) in [5, 5.41) is 0. The van der Waals surface area contributed by atoms with E-state index in [4.69, 9.17) is 0 Å². The molecule has 4 amide bonds. The van der Waals surface area contributed by atoms with E-state index in [1.807, 2.05) is 41.5 Å². The minimum atomic E-state index is -0.983. The predicted molar refractivity (Wildman–Crippen MR) is 137 cm³/mol. The van der Waals surface area contributed by atoms with Crippen LogP contribution >= 0.6 is 0 Å². The van der Waals surface area contributed by atoms with Crippen molar-refractivity contribution >= 4 is 35.8 Å². The Morgan fingerprint density at radius 3 is 1.68 bits per heavy atom. The highest BCUT2D eigenvalue weighted by atomic mass is 16.2. The lowest BCUT2D eigenvalue weighted by atomic mass is 9.66. The smallest absolute Gasteiger partial charge is 0.267 e. The van der Waals surface area contributed by atoms with Gasteiger partial charge in [-0.2, -0.15) is 4.99 Å². The van der Waals surface area contributed by atoms with Gasteiger partial charge in [-0.25, -0.2) is 24.4 Å². The standard InChI is InChI=1S/C27H37N5O5/c1-17(2)21(35)30-20-22(36)32(27(8)12-19(29-16-34)10-25(5,6)14-27)23(37)31(20)26(7)11-18(28-15-33)9-24(3,4)13-26/h18-19H,1,9-14H2,2-8H3/t18-,19+,26-,27+/m0/s1. The van der Waals surface area contributed by atoms with Crippen molar-refractivity contribution in [1.82, 2.24) is 9.80 Å². The lowest BCUT2D eigenvalue weighted by Gasteiger charge is -2.50. The average Bonchev–Trinajstić information content (AvgIpc) is 2.96. The van der Waals surface area contributed by atoms with Crippen LogP contribution in [0.4, 0.5) is 4.79 Å². The van der Waals surface area contributed by atoms with Crippen LogP contribution < -0.4 is 0 Å². The van der Waals surface area contributed by atoms with Crippen LogP contribution in [0.3, 0.4) is 0 Å². The van der Waals surface area contributed by atoms with E-state index in [2.05, 4.69) is 21.6 Å². The Kier molecular flexibility index (Phi) is 7.34. The van der Waals surface area contributed by atoms with Gasteiger partial charge < -0.3 is 0 Å². The van der Waals surface area contributed by atoms with Crippen molar-refractivity contribution < 1.29 is 24.0 Å². The highest BCUT2D eigenvalue weighted by Crippen LogP contribution is 2.50. The molecule has 0 radical (unpaired) electrons. The van der Waals surface area contributed by atoms with Crippen molar-refractivity contribution in [3.8, 4) is 0 Å². The molecule has 0 spiro atoms. The lowest BCUT2D eigenvalue weighted by Crippen LogP contribution is -2.59. The van der Waals surface area contributed by atoms with Crippen LogP contribution in [0.15, 0.2) is 27.1 Å². The Hall–Kier alpha value is -3.22. The molecule has 0 unspecified atom stereocenters. The quantitative estimate of drug-likeness (QED) is 0.237.